The van der Waals surface area contributed by atoms with Gasteiger partial charge in [0, 0.05) is 11.3 Å². The van der Waals surface area contributed by atoms with Crippen molar-refractivity contribution in [1.82, 2.24) is 4.98 Å². The monoisotopic (exact) mass is 341 g/mol. The normalized spacial score (nSPS) is 11.8. The minimum atomic E-state index is -0.422. The molecule has 1 heterocycles. The molecule has 0 radical (unpaired) electrons. The Morgan fingerprint density at radius 3 is 2.28 bits per heavy atom. The van der Waals surface area contributed by atoms with Gasteiger partial charge in [0.1, 0.15) is 0 Å². The Kier molecular flexibility index (Phi) is 5.91. The number of Topliss-reactive ketones (excluding diaryl/α,β-unsaturated/α-hetero) is 2. The highest BCUT2D eigenvalue weighted by atomic mass is 16.5. The number of benzene rings is 1. The molecule has 0 spiro atoms. The number of esters is 1. The number of aryl methyl sites for hydroxylation is 1. The van der Waals surface area contributed by atoms with E-state index in [0.717, 1.165) is 5.56 Å². The van der Waals surface area contributed by atoms with Crippen molar-refractivity contribution in [1.29, 1.82) is 0 Å². The van der Waals surface area contributed by atoms with E-state index in [1.165, 1.54) is 6.92 Å². The highest BCUT2D eigenvalue weighted by Gasteiger charge is 2.24. The number of ether oxygens (including phenoxy) is 1. The molecule has 1 unspecified atom stereocenters. The molecule has 1 aromatic heterocycles. The lowest BCUT2D eigenvalue weighted by molar-refractivity contribution is -0.144. The molecule has 0 fully saturated rings. The second-order valence-electron chi connectivity index (χ2n) is 6.08. The minimum absolute atomic E-state index is 0.0996. The first-order chi connectivity index (χ1) is 11.9. The Bertz CT molecular complexity index is 790. The minimum Gasteiger partial charge on any atom is -0.457 e. The second kappa shape index (κ2) is 7.92. The summed E-state index contributed by atoms with van der Waals surface area (Å²) in [5, 5.41) is 0. The molecule has 0 aliphatic carbocycles. The quantitative estimate of drug-likeness (QED) is 0.614. The van der Waals surface area contributed by atoms with Gasteiger partial charge in [-0.3, -0.25) is 14.4 Å². The molecule has 0 bridgehead atoms. The smallest absolute Gasteiger partial charge is 0.313 e. The second-order valence-corrected chi connectivity index (χ2v) is 6.08. The van der Waals surface area contributed by atoms with E-state index >= 15 is 0 Å². The zero-order valence-electron chi connectivity index (χ0n) is 15.0. The number of ketones is 2. The average Bonchev–Trinajstić information content (AvgIpc) is 2.89. The van der Waals surface area contributed by atoms with Gasteiger partial charge in [-0.05, 0) is 38.3 Å². The fourth-order valence-electron chi connectivity index (χ4n) is 3.09. The summed E-state index contributed by atoms with van der Waals surface area (Å²) in [6.07, 6.45) is 0.589. The van der Waals surface area contributed by atoms with Crippen LogP contribution in [-0.2, 0) is 9.53 Å². The number of rotatable bonds is 7. The van der Waals surface area contributed by atoms with Gasteiger partial charge < -0.3 is 9.72 Å². The van der Waals surface area contributed by atoms with Crippen LogP contribution < -0.4 is 0 Å². The van der Waals surface area contributed by atoms with Crippen molar-refractivity contribution in [2.45, 2.75) is 40.0 Å². The van der Waals surface area contributed by atoms with Crippen LogP contribution in [0.3, 0.4) is 0 Å². The highest BCUT2D eigenvalue weighted by molar-refractivity contribution is 6.04. The topological polar surface area (TPSA) is 76.2 Å². The number of aromatic amines is 1. The van der Waals surface area contributed by atoms with Crippen LogP contribution in [-0.4, -0.2) is 29.1 Å². The van der Waals surface area contributed by atoms with Crippen LogP contribution in [0.4, 0.5) is 0 Å². The van der Waals surface area contributed by atoms with Crippen LogP contribution in [0, 0.1) is 13.8 Å². The van der Waals surface area contributed by atoms with E-state index in [0.29, 0.717) is 28.9 Å². The maximum absolute atomic E-state index is 12.4. The van der Waals surface area contributed by atoms with Crippen LogP contribution >= 0.6 is 0 Å². The molecule has 5 nitrogen and oxygen atoms in total. The van der Waals surface area contributed by atoms with Crippen LogP contribution in [0.5, 0.6) is 0 Å². The Morgan fingerprint density at radius 2 is 1.76 bits per heavy atom. The van der Waals surface area contributed by atoms with Gasteiger partial charge >= 0.3 is 5.97 Å². The lowest BCUT2D eigenvalue weighted by Crippen LogP contribution is -2.20. The molecule has 0 aliphatic heterocycles. The third-order valence-electron chi connectivity index (χ3n) is 4.31. The van der Waals surface area contributed by atoms with E-state index in [4.69, 9.17) is 4.74 Å². The largest absolute Gasteiger partial charge is 0.457 e. The molecule has 2 aromatic rings. The van der Waals surface area contributed by atoms with E-state index in [1.807, 2.05) is 37.3 Å². The molecule has 132 valence electrons. The fraction of sp³-hybridized carbons (Fsp3) is 0.350. The molecule has 2 rings (SSSR count). The number of carbonyl (C=O) groups is 3. The van der Waals surface area contributed by atoms with Gasteiger partial charge in [0.25, 0.3) is 0 Å². The summed E-state index contributed by atoms with van der Waals surface area (Å²) in [6, 6.07) is 9.35. The molecule has 0 saturated carbocycles. The maximum atomic E-state index is 12.4. The number of hydrogen-bond acceptors (Lipinski definition) is 4. The maximum Gasteiger partial charge on any atom is 0.313 e. The van der Waals surface area contributed by atoms with Gasteiger partial charge in [-0.15, -0.1) is 0 Å². The third kappa shape index (κ3) is 4.05. The van der Waals surface area contributed by atoms with Gasteiger partial charge in [-0.2, -0.15) is 0 Å². The Balaban J connectivity index is 2.08. The standard InChI is InChI=1S/C20H23NO4/c1-5-16(15-9-7-6-8-10-15)20(24)25-11-17(23)19-12(2)18(14(4)22)13(3)21-19/h6-10,16,21H,5,11H2,1-4H3. The predicted octanol–water partition coefficient (Wildman–Crippen LogP) is 3.75. The zero-order valence-corrected chi connectivity index (χ0v) is 15.0. The van der Waals surface area contributed by atoms with Gasteiger partial charge in [0.2, 0.25) is 5.78 Å². The Morgan fingerprint density at radius 1 is 1.12 bits per heavy atom. The highest BCUT2D eigenvalue weighted by Crippen LogP contribution is 2.22. The SMILES string of the molecule is CCC(C(=O)OCC(=O)c1[nH]c(C)c(C(C)=O)c1C)c1ccccc1. The Hall–Kier alpha value is -2.69. The summed E-state index contributed by atoms with van der Waals surface area (Å²) in [7, 11) is 0. The molecule has 1 atom stereocenters. The number of carbonyl (C=O) groups excluding carboxylic acids is 3. The van der Waals surface area contributed by atoms with E-state index in [-0.39, 0.29) is 18.2 Å². The first-order valence-electron chi connectivity index (χ1n) is 8.31. The fourth-order valence-corrected chi connectivity index (χ4v) is 3.09. The van der Waals surface area contributed by atoms with Crippen molar-refractivity contribution in [2.24, 2.45) is 0 Å². The molecule has 5 heteroatoms. The van der Waals surface area contributed by atoms with Crippen molar-refractivity contribution in [3.63, 3.8) is 0 Å². The van der Waals surface area contributed by atoms with Crippen molar-refractivity contribution >= 4 is 17.5 Å². The van der Waals surface area contributed by atoms with E-state index in [1.54, 1.807) is 13.8 Å². The summed E-state index contributed by atoms with van der Waals surface area (Å²) in [4.78, 5) is 39.3. The van der Waals surface area contributed by atoms with Crippen LogP contribution in [0.15, 0.2) is 30.3 Å². The number of H-pyrrole nitrogens is 1. The number of hydrogen-bond donors (Lipinski definition) is 1. The lowest BCUT2D eigenvalue weighted by atomic mass is 9.97. The summed E-state index contributed by atoms with van der Waals surface area (Å²) in [5.74, 6) is -1.26. The molecule has 25 heavy (non-hydrogen) atoms. The molecule has 0 aliphatic rings. The van der Waals surface area contributed by atoms with Crippen molar-refractivity contribution in [2.75, 3.05) is 6.61 Å². The van der Waals surface area contributed by atoms with Crippen LogP contribution in [0.1, 0.15) is 63.9 Å². The van der Waals surface area contributed by atoms with Crippen molar-refractivity contribution < 1.29 is 19.1 Å². The first-order valence-corrected chi connectivity index (χ1v) is 8.31. The van der Waals surface area contributed by atoms with Crippen molar-refractivity contribution in [3.05, 3.63) is 58.4 Å². The molecular weight excluding hydrogens is 318 g/mol. The van der Waals surface area contributed by atoms with Crippen LogP contribution in [0.25, 0.3) is 0 Å². The van der Waals surface area contributed by atoms with Crippen molar-refractivity contribution in [3.8, 4) is 0 Å². The molecular formula is C20H23NO4. The summed E-state index contributed by atoms with van der Waals surface area (Å²) in [6.45, 7) is 6.48. The predicted molar refractivity (Wildman–Crippen MR) is 95.0 cm³/mol. The first kappa shape index (κ1) is 18.6. The Labute approximate surface area is 147 Å². The average molecular weight is 341 g/mol. The number of aromatic nitrogens is 1. The summed E-state index contributed by atoms with van der Waals surface area (Å²) < 4.78 is 5.24. The van der Waals surface area contributed by atoms with Gasteiger partial charge in [0.15, 0.2) is 12.4 Å². The van der Waals surface area contributed by atoms with Gasteiger partial charge in [-0.1, -0.05) is 37.3 Å². The van der Waals surface area contributed by atoms with E-state index in [2.05, 4.69) is 4.98 Å². The third-order valence-corrected chi connectivity index (χ3v) is 4.31. The van der Waals surface area contributed by atoms with Crippen LogP contribution in [0.2, 0.25) is 0 Å². The van der Waals surface area contributed by atoms with E-state index in [9.17, 15) is 14.4 Å². The summed E-state index contributed by atoms with van der Waals surface area (Å²) in [5.41, 5.74) is 2.96. The molecule has 0 saturated heterocycles. The molecule has 1 N–H and O–H groups in total. The van der Waals surface area contributed by atoms with E-state index < -0.39 is 11.9 Å². The lowest BCUT2D eigenvalue weighted by Gasteiger charge is -2.14. The van der Waals surface area contributed by atoms with Gasteiger partial charge in [0.05, 0.1) is 11.6 Å². The molecule has 1 aromatic carbocycles. The summed E-state index contributed by atoms with van der Waals surface area (Å²) >= 11 is 0. The number of nitrogens with one attached hydrogen (secondary N) is 1. The molecule has 0 amide bonds. The van der Waals surface area contributed by atoms with Gasteiger partial charge in [-0.25, -0.2) is 0 Å². The zero-order chi connectivity index (χ0) is 18.6.